The average Bonchev–Trinajstić information content (AvgIpc) is 2.60. The lowest BCUT2D eigenvalue weighted by atomic mass is 10.2. The predicted molar refractivity (Wildman–Crippen MR) is 43.6 cm³/mol. The Morgan fingerprint density at radius 2 is 2.06 bits per heavy atom. The van der Waals surface area contributed by atoms with Gasteiger partial charge in [-0.3, -0.25) is 4.79 Å². The molecule has 0 atom stereocenters. The largest absolute Gasteiger partial charge is 0.478 e. The molecule has 88 valence electrons. The fraction of sp³-hybridized carbons (Fsp3) is 0.250. The van der Waals surface area contributed by atoms with Gasteiger partial charge in [-0.1, -0.05) is 0 Å². The van der Waals surface area contributed by atoms with Gasteiger partial charge in [-0.2, -0.15) is 13.2 Å². The van der Waals surface area contributed by atoms with Crippen LogP contribution in [0.3, 0.4) is 0 Å². The van der Waals surface area contributed by atoms with Crippen molar-refractivity contribution in [3.05, 3.63) is 23.7 Å². The van der Waals surface area contributed by atoms with Gasteiger partial charge in [0.2, 0.25) is 0 Å². The van der Waals surface area contributed by atoms with Crippen molar-refractivity contribution in [1.29, 1.82) is 0 Å². The second kappa shape index (κ2) is 4.25. The molecule has 0 radical (unpaired) electrons. The number of carbonyl (C=O) groups excluding carboxylic acids is 1. The zero-order valence-corrected chi connectivity index (χ0v) is 7.67. The zero-order valence-electron chi connectivity index (χ0n) is 7.67. The van der Waals surface area contributed by atoms with Gasteiger partial charge in [0, 0.05) is 0 Å². The van der Waals surface area contributed by atoms with Crippen molar-refractivity contribution in [2.45, 2.75) is 12.7 Å². The summed E-state index contributed by atoms with van der Waals surface area (Å²) < 4.78 is 40.0. The number of hydrogen-bond donors (Lipinski definition) is 2. The highest BCUT2D eigenvalue weighted by Crippen LogP contribution is 2.15. The number of amides is 1. The Hall–Kier alpha value is -1.99. The summed E-state index contributed by atoms with van der Waals surface area (Å²) in [5.41, 5.74) is -0.289. The van der Waals surface area contributed by atoms with E-state index in [9.17, 15) is 22.8 Å². The first kappa shape index (κ1) is 12.1. The minimum atomic E-state index is -5.00. The Bertz CT molecular complexity index is 410. The summed E-state index contributed by atoms with van der Waals surface area (Å²) in [5.74, 6) is -3.74. The first-order chi connectivity index (χ1) is 7.32. The molecule has 1 rings (SSSR count). The van der Waals surface area contributed by atoms with E-state index in [-0.39, 0.29) is 11.3 Å². The number of aromatic carboxylic acids is 1. The van der Waals surface area contributed by atoms with Crippen molar-refractivity contribution in [1.82, 2.24) is 5.32 Å². The van der Waals surface area contributed by atoms with Crippen molar-refractivity contribution in [3.63, 3.8) is 0 Å². The molecule has 1 heterocycles. The molecule has 0 saturated carbocycles. The molecule has 0 aliphatic heterocycles. The van der Waals surface area contributed by atoms with Gasteiger partial charge in [0.25, 0.3) is 0 Å². The lowest BCUT2D eigenvalue weighted by Gasteiger charge is -2.06. The van der Waals surface area contributed by atoms with Gasteiger partial charge in [-0.25, -0.2) is 4.79 Å². The van der Waals surface area contributed by atoms with Crippen LogP contribution >= 0.6 is 0 Å². The molecule has 0 bridgehead atoms. The summed E-state index contributed by atoms with van der Waals surface area (Å²) >= 11 is 0. The molecule has 0 spiro atoms. The average molecular weight is 237 g/mol. The van der Waals surface area contributed by atoms with Gasteiger partial charge >= 0.3 is 18.1 Å². The molecule has 1 aromatic heterocycles. The minimum Gasteiger partial charge on any atom is -0.478 e. The molecule has 0 saturated heterocycles. The number of halogens is 3. The molecule has 0 aliphatic carbocycles. The fourth-order valence-electron chi connectivity index (χ4n) is 0.929. The third kappa shape index (κ3) is 2.75. The molecule has 5 nitrogen and oxygen atoms in total. The number of alkyl halides is 3. The fourth-order valence-corrected chi connectivity index (χ4v) is 0.929. The molecular formula is C8H6F3NO4. The summed E-state index contributed by atoms with van der Waals surface area (Å²) in [4.78, 5) is 20.9. The summed E-state index contributed by atoms with van der Waals surface area (Å²) in [6.45, 7) is -0.632. The van der Waals surface area contributed by atoms with E-state index in [0.29, 0.717) is 0 Å². The van der Waals surface area contributed by atoms with Crippen LogP contribution in [0.15, 0.2) is 16.7 Å². The topological polar surface area (TPSA) is 79.5 Å². The third-order valence-corrected chi connectivity index (χ3v) is 1.64. The van der Waals surface area contributed by atoms with E-state index in [2.05, 4.69) is 4.42 Å². The maximum absolute atomic E-state index is 11.8. The van der Waals surface area contributed by atoms with Crippen LogP contribution in [0.5, 0.6) is 0 Å². The Labute approximate surface area is 86.8 Å². The van der Waals surface area contributed by atoms with Gasteiger partial charge in [0.15, 0.2) is 0 Å². The highest BCUT2D eigenvalue weighted by molar-refractivity contribution is 5.89. The molecule has 16 heavy (non-hydrogen) atoms. The number of carboxylic acids is 1. The Morgan fingerprint density at radius 1 is 1.44 bits per heavy atom. The molecule has 1 aromatic rings. The van der Waals surface area contributed by atoms with E-state index in [1.165, 1.54) is 5.32 Å². The Kier molecular flexibility index (Phi) is 3.21. The van der Waals surface area contributed by atoms with Crippen LogP contribution in [0, 0.1) is 0 Å². The predicted octanol–water partition coefficient (Wildman–Crippen LogP) is 1.16. The van der Waals surface area contributed by atoms with Crippen LogP contribution < -0.4 is 5.32 Å². The van der Waals surface area contributed by atoms with E-state index < -0.39 is 24.6 Å². The van der Waals surface area contributed by atoms with Crippen LogP contribution in [0.25, 0.3) is 0 Å². The summed E-state index contributed by atoms with van der Waals surface area (Å²) in [6, 6.07) is 1.08. The van der Waals surface area contributed by atoms with E-state index >= 15 is 0 Å². The lowest BCUT2D eigenvalue weighted by molar-refractivity contribution is -0.173. The van der Waals surface area contributed by atoms with Crippen molar-refractivity contribution in [2.75, 3.05) is 0 Å². The third-order valence-electron chi connectivity index (χ3n) is 1.64. The minimum absolute atomic E-state index is 0.245. The lowest BCUT2D eigenvalue weighted by Crippen LogP contribution is -2.36. The standard InChI is InChI=1S/C8H6F3NO4/c9-8(10,11)7(15)12-3-5-4(6(13)14)1-2-16-5/h1-2H,3H2,(H,12,15)(H,13,14). The van der Waals surface area contributed by atoms with Crippen LogP contribution in [0.1, 0.15) is 16.1 Å². The van der Waals surface area contributed by atoms with Gasteiger partial charge < -0.3 is 14.8 Å². The quantitative estimate of drug-likeness (QED) is 0.826. The smallest absolute Gasteiger partial charge is 0.471 e. The van der Waals surface area contributed by atoms with Crippen molar-refractivity contribution >= 4 is 11.9 Å². The summed E-state index contributed by atoms with van der Waals surface area (Å²) in [5, 5.41) is 10.1. The summed E-state index contributed by atoms with van der Waals surface area (Å²) in [6.07, 6.45) is -3.99. The number of nitrogens with one attached hydrogen (secondary N) is 1. The highest BCUT2D eigenvalue weighted by atomic mass is 19.4. The second-order valence-corrected chi connectivity index (χ2v) is 2.74. The van der Waals surface area contributed by atoms with Crippen LogP contribution in [0.2, 0.25) is 0 Å². The molecule has 0 aromatic carbocycles. The van der Waals surface area contributed by atoms with Crippen LogP contribution in [-0.4, -0.2) is 23.2 Å². The maximum atomic E-state index is 11.8. The monoisotopic (exact) mass is 237 g/mol. The second-order valence-electron chi connectivity index (χ2n) is 2.74. The van der Waals surface area contributed by atoms with E-state index in [0.717, 1.165) is 12.3 Å². The van der Waals surface area contributed by atoms with Crippen LogP contribution in [-0.2, 0) is 11.3 Å². The molecular weight excluding hydrogens is 231 g/mol. The molecule has 2 N–H and O–H groups in total. The molecule has 8 heteroatoms. The Morgan fingerprint density at radius 3 is 2.56 bits per heavy atom. The molecule has 0 aliphatic rings. The van der Waals surface area contributed by atoms with Crippen molar-refractivity contribution < 1.29 is 32.3 Å². The number of furan rings is 1. The van der Waals surface area contributed by atoms with Crippen molar-refractivity contribution in [2.24, 2.45) is 0 Å². The molecule has 0 fully saturated rings. The highest BCUT2D eigenvalue weighted by Gasteiger charge is 2.38. The van der Waals surface area contributed by atoms with Gasteiger partial charge in [-0.05, 0) is 6.07 Å². The van der Waals surface area contributed by atoms with Gasteiger partial charge in [-0.15, -0.1) is 0 Å². The Balaban J connectivity index is 2.65. The molecule has 0 unspecified atom stereocenters. The first-order valence-corrected chi connectivity index (χ1v) is 3.97. The van der Waals surface area contributed by atoms with E-state index in [1.807, 2.05) is 0 Å². The molecule has 1 amide bonds. The van der Waals surface area contributed by atoms with Gasteiger partial charge in [0.1, 0.15) is 11.3 Å². The number of carbonyl (C=O) groups is 2. The van der Waals surface area contributed by atoms with E-state index in [4.69, 9.17) is 5.11 Å². The number of rotatable bonds is 3. The SMILES string of the molecule is O=C(O)c1ccoc1CNC(=O)C(F)(F)F. The zero-order chi connectivity index (χ0) is 12.3. The maximum Gasteiger partial charge on any atom is 0.471 e. The number of hydrogen-bond acceptors (Lipinski definition) is 3. The van der Waals surface area contributed by atoms with Crippen molar-refractivity contribution in [3.8, 4) is 0 Å². The van der Waals surface area contributed by atoms with Crippen LogP contribution in [0.4, 0.5) is 13.2 Å². The summed E-state index contributed by atoms with van der Waals surface area (Å²) in [7, 11) is 0. The first-order valence-electron chi connectivity index (χ1n) is 3.97. The van der Waals surface area contributed by atoms with E-state index in [1.54, 1.807) is 0 Å². The van der Waals surface area contributed by atoms with Gasteiger partial charge in [0.05, 0.1) is 12.8 Å². The normalized spacial score (nSPS) is 11.2. The number of carboxylic acid groups (broad SMARTS) is 1.